The van der Waals surface area contributed by atoms with Gasteiger partial charge in [0.25, 0.3) is 0 Å². The molecule has 0 aliphatic carbocycles. The summed E-state index contributed by atoms with van der Waals surface area (Å²) in [6.45, 7) is 8.31. The average molecular weight is 209 g/mol. The smallest absolute Gasteiger partial charge is 0.145 e. The number of aryl methyl sites for hydroxylation is 1. The Balaban J connectivity index is 2.02. The molecule has 0 radical (unpaired) electrons. The second kappa shape index (κ2) is 4.63. The van der Waals surface area contributed by atoms with Crippen LogP contribution in [0.5, 0.6) is 0 Å². The molecule has 1 saturated heterocycles. The molecule has 2 heterocycles. The standard InChI is InChI=1S/C10H19N5/c1-2-15-9(7-10(11)13-15)8-14-5-3-12-4-6-14/h7,12H,2-6,8H2,1H3,(H2,11,13). The Morgan fingerprint density at radius 3 is 2.87 bits per heavy atom. The molecule has 3 N–H and O–H groups in total. The fourth-order valence-corrected chi connectivity index (χ4v) is 1.98. The van der Waals surface area contributed by atoms with Crippen LogP contribution in [0.1, 0.15) is 12.6 Å². The van der Waals surface area contributed by atoms with Gasteiger partial charge in [-0.3, -0.25) is 9.58 Å². The van der Waals surface area contributed by atoms with E-state index < -0.39 is 0 Å². The second-order valence-electron chi connectivity index (χ2n) is 3.90. The van der Waals surface area contributed by atoms with Crippen LogP contribution >= 0.6 is 0 Å². The van der Waals surface area contributed by atoms with Gasteiger partial charge in [0.1, 0.15) is 5.82 Å². The monoisotopic (exact) mass is 209 g/mol. The first kappa shape index (κ1) is 10.4. The lowest BCUT2D eigenvalue weighted by Crippen LogP contribution is -2.43. The van der Waals surface area contributed by atoms with E-state index in [1.807, 2.05) is 10.7 Å². The zero-order valence-corrected chi connectivity index (χ0v) is 9.24. The molecule has 1 aliphatic heterocycles. The molecule has 1 aromatic heterocycles. The Kier molecular flexibility index (Phi) is 3.23. The summed E-state index contributed by atoms with van der Waals surface area (Å²) >= 11 is 0. The quantitative estimate of drug-likeness (QED) is 0.729. The minimum atomic E-state index is 0.627. The largest absolute Gasteiger partial charge is 0.382 e. The highest BCUT2D eigenvalue weighted by atomic mass is 15.3. The fourth-order valence-electron chi connectivity index (χ4n) is 1.98. The molecule has 0 atom stereocenters. The minimum absolute atomic E-state index is 0.627. The molecule has 0 saturated carbocycles. The van der Waals surface area contributed by atoms with Gasteiger partial charge >= 0.3 is 0 Å². The van der Waals surface area contributed by atoms with Crippen LogP contribution in [0.2, 0.25) is 0 Å². The Morgan fingerprint density at radius 2 is 2.20 bits per heavy atom. The van der Waals surface area contributed by atoms with Gasteiger partial charge in [-0.1, -0.05) is 0 Å². The van der Waals surface area contributed by atoms with E-state index in [1.54, 1.807) is 0 Å². The summed E-state index contributed by atoms with van der Waals surface area (Å²) in [6, 6.07) is 1.98. The Labute approximate surface area is 90.2 Å². The molecule has 0 amide bonds. The highest BCUT2D eigenvalue weighted by Gasteiger charge is 2.12. The normalized spacial score (nSPS) is 18.2. The summed E-state index contributed by atoms with van der Waals surface area (Å²) in [7, 11) is 0. The van der Waals surface area contributed by atoms with Crippen LogP contribution in [0.3, 0.4) is 0 Å². The molecule has 1 aromatic rings. The number of nitrogen functional groups attached to an aromatic ring is 1. The Morgan fingerprint density at radius 1 is 1.47 bits per heavy atom. The number of nitrogens with one attached hydrogen (secondary N) is 1. The zero-order valence-electron chi connectivity index (χ0n) is 9.24. The lowest BCUT2D eigenvalue weighted by atomic mass is 10.3. The predicted molar refractivity (Wildman–Crippen MR) is 60.5 cm³/mol. The van der Waals surface area contributed by atoms with Crippen LogP contribution in [0, 0.1) is 0 Å². The van der Waals surface area contributed by atoms with Crippen molar-refractivity contribution in [2.75, 3.05) is 31.9 Å². The van der Waals surface area contributed by atoms with Gasteiger partial charge in [0.05, 0.1) is 5.69 Å². The number of aromatic nitrogens is 2. The van der Waals surface area contributed by atoms with Crippen LogP contribution < -0.4 is 11.1 Å². The number of nitrogens with zero attached hydrogens (tertiary/aromatic N) is 3. The van der Waals surface area contributed by atoms with E-state index in [4.69, 9.17) is 5.73 Å². The fraction of sp³-hybridized carbons (Fsp3) is 0.700. The summed E-state index contributed by atoms with van der Waals surface area (Å²) in [4.78, 5) is 2.43. The summed E-state index contributed by atoms with van der Waals surface area (Å²) in [6.07, 6.45) is 0. The number of hydrogen-bond donors (Lipinski definition) is 2. The molecular formula is C10H19N5. The lowest BCUT2D eigenvalue weighted by molar-refractivity contribution is 0.227. The molecule has 0 aromatic carbocycles. The molecule has 1 aliphatic rings. The molecule has 15 heavy (non-hydrogen) atoms. The SMILES string of the molecule is CCn1nc(N)cc1CN1CCNCC1. The maximum Gasteiger partial charge on any atom is 0.145 e. The first-order chi connectivity index (χ1) is 7.29. The van der Waals surface area contributed by atoms with Gasteiger partial charge in [-0.15, -0.1) is 0 Å². The molecule has 5 heteroatoms. The van der Waals surface area contributed by atoms with E-state index >= 15 is 0 Å². The third-order valence-electron chi connectivity index (χ3n) is 2.78. The predicted octanol–water partition coefficient (Wildman–Crippen LogP) is -0.110. The van der Waals surface area contributed by atoms with Crippen molar-refractivity contribution in [1.82, 2.24) is 20.0 Å². The molecule has 84 valence electrons. The first-order valence-electron chi connectivity index (χ1n) is 5.55. The highest BCUT2D eigenvalue weighted by molar-refractivity contribution is 5.29. The van der Waals surface area contributed by atoms with Crippen LogP contribution in [0.15, 0.2) is 6.07 Å². The number of hydrogen-bond acceptors (Lipinski definition) is 4. The van der Waals surface area contributed by atoms with Gasteiger partial charge < -0.3 is 11.1 Å². The van der Waals surface area contributed by atoms with Crippen molar-refractivity contribution in [2.45, 2.75) is 20.0 Å². The van der Waals surface area contributed by atoms with Crippen molar-refractivity contribution in [3.63, 3.8) is 0 Å². The number of nitrogens with two attached hydrogens (primary N) is 1. The molecular weight excluding hydrogens is 190 g/mol. The summed E-state index contributed by atoms with van der Waals surface area (Å²) in [5.41, 5.74) is 6.92. The number of piperazine rings is 1. The lowest BCUT2D eigenvalue weighted by Gasteiger charge is -2.27. The zero-order chi connectivity index (χ0) is 10.7. The maximum absolute atomic E-state index is 5.70. The van der Waals surface area contributed by atoms with Crippen molar-refractivity contribution in [2.24, 2.45) is 0 Å². The molecule has 1 fully saturated rings. The maximum atomic E-state index is 5.70. The van der Waals surface area contributed by atoms with Crippen molar-refractivity contribution < 1.29 is 0 Å². The molecule has 0 bridgehead atoms. The van der Waals surface area contributed by atoms with E-state index in [0.717, 1.165) is 39.3 Å². The van der Waals surface area contributed by atoms with Gasteiger partial charge in [-0.25, -0.2) is 0 Å². The number of anilines is 1. The van der Waals surface area contributed by atoms with Crippen molar-refractivity contribution >= 4 is 5.82 Å². The van der Waals surface area contributed by atoms with E-state index in [0.29, 0.717) is 5.82 Å². The Bertz CT molecular complexity index is 314. The highest BCUT2D eigenvalue weighted by Crippen LogP contribution is 2.09. The summed E-state index contributed by atoms with van der Waals surface area (Å²) < 4.78 is 1.98. The first-order valence-corrected chi connectivity index (χ1v) is 5.55. The molecule has 2 rings (SSSR count). The Hall–Kier alpha value is -1.07. The van der Waals surface area contributed by atoms with Gasteiger partial charge in [0.15, 0.2) is 0 Å². The van der Waals surface area contributed by atoms with E-state index in [9.17, 15) is 0 Å². The number of rotatable bonds is 3. The van der Waals surface area contributed by atoms with Crippen molar-refractivity contribution in [1.29, 1.82) is 0 Å². The van der Waals surface area contributed by atoms with E-state index in [1.165, 1.54) is 5.69 Å². The summed E-state index contributed by atoms with van der Waals surface area (Å²) in [5.74, 6) is 0.627. The average Bonchev–Trinajstić information content (AvgIpc) is 2.60. The van der Waals surface area contributed by atoms with Crippen LogP contribution in [-0.4, -0.2) is 40.9 Å². The molecule has 5 nitrogen and oxygen atoms in total. The van der Waals surface area contributed by atoms with Gasteiger partial charge in [-0.05, 0) is 6.92 Å². The topological polar surface area (TPSA) is 59.1 Å². The van der Waals surface area contributed by atoms with Crippen molar-refractivity contribution in [3.05, 3.63) is 11.8 Å². The minimum Gasteiger partial charge on any atom is -0.382 e. The van der Waals surface area contributed by atoms with Crippen LogP contribution in [0.25, 0.3) is 0 Å². The van der Waals surface area contributed by atoms with Gasteiger partial charge in [0.2, 0.25) is 0 Å². The van der Waals surface area contributed by atoms with Crippen LogP contribution in [0.4, 0.5) is 5.82 Å². The molecule has 0 spiro atoms. The van der Waals surface area contributed by atoms with E-state index in [-0.39, 0.29) is 0 Å². The molecule has 0 unspecified atom stereocenters. The van der Waals surface area contributed by atoms with Crippen LogP contribution in [-0.2, 0) is 13.1 Å². The third-order valence-corrected chi connectivity index (χ3v) is 2.78. The van der Waals surface area contributed by atoms with E-state index in [2.05, 4.69) is 22.2 Å². The summed E-state index contributed by atoms with van der Waals surface area (Å²) in [5, 5.41) is 7.59. The third kappa shape index (κ3) is 2.49. The van der Waals surface area contributed by atoms with Gasteiger partial charge in [-0.2, -0.15) is 5.10 Å². The van der Waals surface area contributed by atoms with Crippen molar-refractivity contribution in [3.8, 4) is 0 Å². The van der Waals surface area contributed by atoms with Gasteiger partial charge in [0, 0.05) is 45.3 Å². The second-order valence-corrected chi connectivity index (χ2v) is 3.90.